The minimum Gasteiger partial charge on any atom is -0.507 e. The van der Waals surface area contributed by atoms with Crippen molar-refractivity contribution < 1.29 is 43.5 Å². The molecule has 0 saturated heterocycles. The zero-order valence-corrected chi connectivity index (χ0v) is 17.1. The SMILES string of the molecule is COc1cc(C)c2c(c1C=CC(C)=O)Oc1c(c(C)c(O)c3c1[C@H](O)OC3=O)OC2=O. The Kier molecular flexibility index (Phi) is 4.70. The van der Waals surface area contributed by atoms with Crippen LogP contribution >= 0.6 is 0 Å². The van der Waals surface area contributed by atoms with E-state index in [-0.39, 0.29) is 50.8 Å². The van der Waals surface area contributed by atoms with Gasteiger partial charge in [-0.15, -0.1) is 0 Å². The molecule has 31 heavy (non-hydrogen) atoms. The van der Waals surface area contributed by atoms with Gasteiger partial charge in [0.25, 0.3) is 0 Å². The number of phenolic OH excluding ortho intramolecular Hbond substituents is 1. The average molecular weight is 426 g/mol. The van der Waals surface area contributed by atoms with Gasteiger partial charge in [-0.1, -0.05) is 0 Å². The molecule has 0 saturated carbocycles. The number of hydrogen-bond donors (Lipinski definition) is 2. The standard InChI is InChI=1S/C22H18O9/c1-8-7-12(28-4)11(6-5-9(2)23)18-13(8)20(25)30-17-10(3)16(24)14-15(19(17)29-18)22(27)31-21(14)26/h5-7,22,24,27H,1-4H3/t22-/m1/s1. The van der Waals surface area contributed by atoms with E-state index in [1.165, 1.54) is 33.1 Å². The summed E-state index contributed by atoms with van der Waals surface area (Å²) in [4.78, 5) is 36.7. The summed E-state index contributed by atoms with van der Waals surface area (Å²) in [5.41, 5.74) is 0.437. The van der Waals surface area contributed by atoms with E-state index in [0.717, 1.165) is 0 Å². The van der Waals surface area contributed by atoms with Gasteiger partial charge in [0.2, 0.25) is 6.29 Å². The van der Waals surface area contributed by atoms with Crippen molar-refractivity contribution in [3.63, 3.8) is 0 Å². The number of aryl methyl sites for hydroxylation is 1. The van der Waals surface area contributed by atoms with Crippen LogP contribution in [0.3, 0.4) is 0 Å². The van der Waals surface area contributed by atoms with Gasteiger partial charge < -0.3 is 29.2 Å². The number of aliphatic hydroxyl groups excluding tert-OH is 1. The Morgan fingerprint density at radius 1 is 1.10 bits per heavy atom. The number of aliphatic hydroxyl groups is 1. The maximum atomic E-state index is 13.0. The molecule has 0 aliphatic carbocycles. The fraction of sp³-hybridized carbons (Fsp3) is 0.227. The second-order valence-electron chi connectivity index (χ2n) is 7.13. The van der Waals surface area contributed by atoms with Crippen LogP contribution in [0.1, 0.15) is 56.2 Å². The highest BCUT2D eigenvalue weighted by Crippen LogP contribution is 2.54. The molecule has 0 unspecified atom stereocenters. The number of ether oxygens (including phenoxy) is 4. The van der Waals surface area contributed by atoms with Crippen LogP contribution in [0.25, 0.3) is 6.08 Å². The van der Waals surface area contributed by atoms with Gasteiger partial charge in [0, 0.05) is 5.56 Å². The number of aromatic hydroxyl groups is 1. The summed E-state index contributed by atoms with van der Waals surface area (Å²) < 4.78 is 21.8. The molecule has 0 bridgehead atoms. The summed E-state index contributed by atoms with van der Waals surface area (Å²) in [7, 11) is 1.42. The fourth-order valence-electron chi connectivity index (χ4n) is 3.62. The number of allylic oxidation sites excluding steroid dienone is 1. The minimum absolute atomic E-state index is 0.0111. The predicted molar refractivity (Wildman–Crippen MR) is 106 cm³/mol. The van der Waals surface area contributed by atoms with Crippen molar-refractivity contribution in [3.8, 4) is 28.7 Å². The molecule has 0 radical (unpaired) electrons. The largest absolute Gasteiger partial charge is 0.507 e. The van der Waals surface area contributed by atoms with Gasteiger partial charge in [-0.2, -0.15) is 0 Å². The quantitative estimate of drug-likeness (QED) is 0.432. The summed E-state index contributed by atoms with van der Waals surface area (Å²) in [6, 6.07) is 1.59. The summed E-state index contributed by atoms with van der Waals surface area (Å²) in [6.45, 7) is 4.44. The molecule has 2 aromatic carbocycles. The van der Waals surface area contributed by atoms with Crippen molar-refractivity contribution in [1.29, 1.82) is 0 Å². The van der Waals surface area contributed by atoms with Gasteiger partial charge in [0.05, 0.1) is 18.2 Å². The van der Waals surface area contributed by atoms with Crippen LogP contribution in [0.4, 0.5) is 0 Å². The number of ketones is 1. The summed E-state index contributed by atoms with van der Waals surface area (Å²) in [5, 5.41) is 20.7. The van der Waals surface area contributed by atoms with Crippen molar-refractivity contribution in [1.82, 2.24) is 0 Å². The molecule has 0 amide bonds. The van der Waals surface area contributed by atoms with Gasteiger partial charge >= 0.3 is 11.9 Å². The van der Waals surface area contributed by atoms with Crippen molar-refractivity contribution in [2.75, 3.05) is 7.11 Å². The molecular weight excluding hydrogens is 408 g/mol. The average Bonchev–Trinajstić information content (AvgIpc) is 2.90. The first-order valence-electron chi connectivity index (χ1n) is 9.24. The lowest BCUT2D eigenvalue weighted by Crippen LogP contribution is -2.11. The summed E-state index contributed by atoms with van der Waals surface area (Å²) in [6.07, 6.45) is 0.983. The lowest BCUT2D eigenvalue weighted by molar-refractivity contribution is -0.112. The molecule has 4 rings (SSSR count). The zero-order chi connectivity index (χ0) is 22.6. The van der Waals surface area contributed by atoms with E-state index in [1.54, 1.807) is 13.0 Å². The van der Waals surface area contributed by atoms with Crippen molar-refractivity contribution in [3.05, 3.63) is 45.5 Å². The molecule has 0 fully saturated rings. The summed E-state index contributed by atoms with van der Waals surface area (Å²) in [5.74, 6) is -2.43. The monoisotopic (exact) mass is 426 g/mol. The van der Waals surface area contributed by atoms with Gasteiger partial charge in [-0.3, -0.25) is 4.79 Å². The molecule has 0 spiro atoms. The van der Waals surface area contributed by atoms with Gasteiger partial charge in [0.1, 0.15) is 22.6 Å². The highest BCUT2D eigenvalue weighted by atomic mass is 16.6. The Bertz CT molecular complexity index is 1210. The Hall–Kier alpha value is -3.85. The van der Waals surface area contributed by atoms with Crippen LogP contribution in [-0.2, 0) is 9.53 Å². The summed E-state index contributed by atoms with van der Waals surface area (Å²) >= 11 is 0. The molecule has 0 aromatic heterocycles. The third-order valence-electron chi connectivity index (χ3n) is 5.11. The topological polar surface area (TPSA) is 129 Å². The smallest absolute Gasteiger partial charge is 0.347 e. The van der Waals surface area contributed by atoms with Crippen LogP contribution in [0.2, 0.25) is 0 Å². The molecule has 9 heteroatoms. The second kappa shape index (κ2) is 7.13. The van der Waals surface area contributed by atoms with Crippen molar-refractivity contribution in [2.45, 2.75) is 27.1 Å². The molecule has 2 aliphatic heterocycles. The molecule has 2 aliphatic rings. The number of phenols is 1. The highest BCUT2D eigenvalue weighted by Gasteiger charge is 2.42. The zero-order valence-electron chi connectivity index (χ0n) is 17.1. The number of esters is 2. The van der Waals surface area contributed by atoms with Crippen molar-refractivity contribution >= 4 is 23.8 Å². The van der Waals surface area contributed by atoms with Crippen LogP contribution in [0, 0.1) is 13.8 Å². The number of fused-ring (bicyclic) bond motifs is 4. The number of hydrogen-bond acceptors (Lipinski definition) is 9. The van der Waals surface area contributed by atoms with Crippen LogP contribution in [0.5, 0.6) is 28.7 Å². The van der Waals surface area contributed by atoms with E-state index in [2.05, 4.69) is 0 Å². The number of carbonyl (C=O) groups is 3. The van der Waals surface area contributed by atoms with E-state index in [1.807, 2.05) is 0 Å². The van der Waals surface area contributed by atoms with Crippen LogP contribution in [0.15, 0.2) is 12.1 Å². The third-order valence-corrected chi connectivity index (χ3v) is 5.11. The first-order chi connectivity index (χ1) is 14.6. The van der Waals surface area contributed by atoms with Crippen LogP contribution in [-0.4, -0.2) is 35.0 Å². The van der Waals surface area contributed by atoms with Crippen molar-refractivity contribution in [2.24, 2.45) is 0 Å². The van der Waals surface area contributed by atoms with Crippen LogP contribution < -0.4 is 14.2 Å². The van der Waals surface area contributed by atoms with E-state index in [9.17, 15) is 24.6 Å². The number of rotatable bonds is 3. The Labute approximate surface area is 176 Å². The first kappa shape index (κ1) is 20.4. The molecule has 2 heterocycles. The fourth-order valence-corrected chi connectivity index (χ4v) is 3.62. The maximum absolute atomic E-state index is 13.0. The molecule has 1 atom stereocenters. The van der Waals surface area contributed by atoms with Gasteiger partial charge in [-0.05, 0) is 44.6 Å². The Balaban J connectivity index is 2.07. The Morgan fingerprint density at radius 2 is 1.81 bits per heavy atom. The van der Waals surface area contributed by atoms with Gasteiger partial charge in [0.15, 0.2) is 23.0 Å². The molecule has 2 aromatic rings. The lowest BCUT2D eigenvalue weighted by Gasteiger charge is -2.17. The van der Waals surface area contributed by atoms with E-state index >= 15 is 0 Å². The Morgan fingerprint density at radius 3 is 2.45 bits per heavy atom. The maximum Gasteiger partial charge on any atom is 0.347 e. The minimum atomic E-state index is -1.73. The van der Waals surface area contributed by atoms with E-state index < -0.39 is 24.0 Å². The third kappa shape index (κ3) is 3.01. The molecule has 2 N–H and O–H groups in total. The predicted octanol–water partition coefficient (Wildman–Crippen LogP) is 3.11. The second-order valence-corrected chi connectivity index (χ2v) is 7.13. The van der Waals surface area contributed by atoms with Gasteiger partial charge in [-0.25, -0.2) is 9.59 Å². The normalized spacial score (nSPS) is 16.6. The lowest BCUT2D eigenvalue weighted by atomic mass is 10.0. The van der Waals surface area contributed by atoms with E-state index in [0.29, 0.717) is 11.3 Å². The number of cyclic esters (lactones) is 1. The van der Waals surface area contributed by atoms with E-state index in [4.69, 9.17) is 18.9 Å². The number of benzene rings is 2. The number of methoxy groups -OCH3 is 1. The highest BCUT2D eigenvalue weighted by molar-refractivity contribution is 6.03. The molecule has 9 nitrogen and oxygen atoms in total. The first-order valence-corrected chi connectivity index (χ1v) is 9.24. The molecular formula is C22H18O9. The number of carbonyl (C=O) groups excluding carboxylic acids is 3. The molecule has 160 valence electrons.